The van der Waals surface area contributed by atoms with E-state index < -0.39 is 0 Å². The van der Waals surface area contributed by atoms with E-state index in [0.29, 0.717) is 0 Å². The Bertz CT molecular complexity index is 382. The maximum Gasteiger partial charge on any atom is 0.221 e. The summed E-state index contributed by atoms with van der Waals surface area (Å²) in [6, 6.07) is 7.96. The molecule has 0 saturated carbocycles. The van der Waals surface area contributed by atoms with Crippen LogP contribution >= 0.6 is 0 Å². The monoisotopic (exact) mass is 248 g/mol. The van der Waals surface area contributed by atoms with E-state index in [1.165, 1.54) is 18.9 Å². The Hall–Kier alpha value is -1.35. The zero-order valence-corrected chi connectivity index (χ0v) is 11.8. The van der Waals surface area contributed by atoms with Gasteiger partial charge in [0.1, 0.15) is 0 Å². The fourth-order valence-electron chi connectivity index (χ4n) is 1.96. The van der Waals surface area contributed by atoms with E-state index in [1.54, 1.807) is 0 Å². The molecule has 1 aromatic carbocycles. The molecule has 1 aromatic rings. The van der Waals surface area contributed by atoms with Gasteiger partial charge in [-0.05, 0) is 38.0 Å². The lowest BCUT2D eigenvalue weighted by Crippen LogP contribution is -2.38. The van der Waals surface area contributed by atoms with Crippen molar-refractivity contribution in [3.05, 3.63) is 29.8 Å². The lowest BCUT2D eigenvalue weighted by atomic mass is 9.98. The number of carbonyl (C=O) groups excluding carboxylic acids is 1. The molecule has 0 radical (unpaired) electrons. The van der Waals surface area contributed by atoms with Crippen LogP contribution in [-0.4, -0.2) is 11.4 Å². The number of benzene rings is 1. The number of rotatable bonds is 6. The number of hydrogen-bond donors (Lipinski definition) is 2. The van der Waals surface area contributed by atoms with Gasteiger partial charge in [0, 0.05) is 24.7 Å². The smallest absolute Gasteiger partial charge is 0.221 e. The van der Waals surface area contributed by atoms with Crippen LogP contribution in [0.25, 0.3) is 0 Å². The molecule has 3 nitrogen and oxygen atoms in total. The van der Waals surface area contributed by atoms with Crippen molar-refractivity contribution in [2.75, 3.05) is 5.32 Å². The van der Waals surface area contributed by atoms with Gasteiger partial charge in [-0.3, -0.25) is 4.79 Å². The second-order valence-corrected chi connectivity index (χ2v) is 5.37. The highest BCUT2D eigenvalue weighted by molar-refractivity contribution is 5.88. The van der Waals surface area contributed by atoms with E-state index in [9.17, 15) is 4.79 Å². The fourth-order valence-corrected chi connectivity index (χ4v) is 1.96. The molecule has 0 unspecified atom stereocenters. The van der Waals surface area contributed by atoms with E-state index >= 15 is 0 Å². The van der Waals surface area contributed by atoms with Crippen LogP contribution in [0, 0.1) is 0 Å². The summed E-state index contributed by atoms with van der Waals surface area (Å²) in [5.41, 5.74) is 2.25. The Balaban J connectivity index is 2.51. The van der Waals surface area contributed by atoms with E-state index in [0.717, 1.165) is 18.7 Å². The van der Waals surface area contributed by atoms with E-state index in [4.69, 9.17) is 0 Å². The van der Waals surface area contributed by atoms with E-state index in [2.05, 4.69) is 31.4 Å². The zero-order valence-electron chi connectivity index (χ0n) is 11.8. The normalized spacial score (nSPS) is 11.3. The molecule has 0 aromatic heterocycles. The summed E-state index contributed by atoms with van der Waals surface area (Å²) >= 11 is 0. The number of nitrogens with one attached hydrogen (secondary N) is 2. The molecular formula is C15H24N2O. The molecule has 100 valence electrons. The zero-order chi connectivity index (χ0) is 13.6. The van der Waals surface area contributed by atoms with Crippen LogP contribution in [0.3, 0.4) is 0 Å². The number of anilines is 1. The van der Waals surface area contributed by atoms with Gasteiger partial charge >= 0.3 is 0 Å². The van der Waals surface area contributed by atoms with Crippen LogP contribution in [0.4, 0.5) is 5.69 Å². The second kappa shape index (κ2) is 6.55. The van der Waals surface area contributed by atoms with Gasteiger partial charge < -0.3 is 10.6 Å². The minimum atomic E-state index is -0.0371. The van der Waals surface area contributed by atoms with Crippen molar-refractivity contribution < 1.29 is 4.79 Å². The van der Waals surface area contributed by atoms with Crippen molar-refractivity contribution in [2.45, 2.75) is 52.6 Å². The van der Waals surface area contributed by atoms with Crippen LogP contribution in [0.15, 0.2) is 24.3 Å². The van der Waals surface area contributed by atoms with Crippen LogP contribution in [0.2, 0.25) is 0 Å². The average Bonchev–Trinajstić information content (AvgIpc) is 2.27. The maximum atomic E-state index is 10.9. The molecule has 0 heterocycles. The molecule has 0 spiro atoms. The predicted octanol–water partition coefficient (Wildman–Crippen LogP) is 3.31. The Kier molecular flexibility index (Phi) is 5.35. The molecule has 0 fully saturated rings. The predicted molar refractivity (Wildman–Crippen MR) is 76.6 cm³/mol. The van der Waals surface area contributed by atoms with Crippen molar-refractivity contribution in [1.29, 1.82) is 0 Å². The quantitative estimate of drug-likeness (QED) is 0.811. The number of amides is 1. The second-order valence-electron chi connectivity index (χ2n) is 5.37. The molecule has 0 aliphatic rings. The molecule has 0 saturated heterocycles. The summed E-state index contributed by atoms with van der Waals surface area (Å²) in [6.45, 7) is 9.02. The van der Waals surface area contributed by atoms with E-state index in [1.807, 2.05) is 24.3 Å². The average molecular weight is 248 g/mol. The highest BCUT2D eigenvalue weighted by Gasteiger charge is 2.14. The Labute approximate surface area is 110 Å². The third-order valence-corrected chi connectivity index (χ3v) is 2.92. The first-order valence-corrected chi connectivity index (χ1v) is 6.54. The van der Waals surface area contributed by atoms with Gasteiger partial charge in [-0.15, -0.1) is 0 Å². The Morgan fingerprint density at radius 2 is 1.83 bits per heavy atom. The molecule has 2 N–H and O–H groups in total. The first kappa shape index (κ1) is 14.7. The molecule has 0 aliphatic carbocycles. The molecule has 18 heavy (non-hydrogen) atoms. The molecule has 0 bridgehead atoms. The number of hydrogen-bond acceptors (Lipinski definition) is 2. The van der Waals surface area contributed by atoms with Crippen molar-refractivity contribution in [3.8, 4) is 0 Å². The van der Waals surface area contributed by atoms with Gasteiger partial charge in [0.05, 0.1) is 0 Å². The number of carbonyl (C=O) groups is 1. The lowest BCUT2D eigenvalue weighted by Gasteiger charge is -2.26. The third-order valence-electron chi connectivity index (χ3n) is 2.92. The first-order valence-electron chi connectivity index (χ1n) is 6.54. The Morgan fingerprint density at radius 3 is 2.33 bits per heavy atom. The largest absolute Gasteiger partial charge is 0.326 e. The molecule has 1 rings (SSSR count). The van der Waals surface area contributed by atoms with Crippen molar-refractivity contribution in [1.82, 2.24) is 5.32 Å². The summed E-state index contributed by atoms with van der Waals surface area (Å²) in [7, 11) is 0. The SMILES string of the molecule is CCCC(C)(C)NCc1ccc(NC(C)=O)cc1. The standard InChI is InChI=1S/C15H24N2O/c1-5-10-15(3,4)16-11-13-6-8-14(9-7-13)17-12(2)18/h6-9,16H,5,10-11H2,1-4H3,(H,17,18). The summed E-state index contributed by atoms with van der Waals surface area (Å²) in [5.74, 6) is -0.0371. The van der Waals surface area contributed by atoms with E-state index in [-0.39, 0.29) is 11.4 Å². The third kappa shape index (κ3) is 5.32. The molecule has 0 atom stereocenters. The highest BCUT2D eigenvalue weighted by atomic mass is 16.1. The van der Waals surface area contributed by atoms with Gasteiger partial charge in [0.15, 0.2) is 0 Å². The van der Waals surface area contributed by atoms with Crippen molar-refractivity contribution in [3.63, 3.8) is 0 Å². The van der Waals surface area contributed by atoms with Gasteiger partial charge in [-0.2, -0.15) is 0 Å². The summed E-state index contributed by atoms with van der Waals surface area (Å²) < 4.78 is 0. The minimum Gasteiger partial charge on any atom is -0.326 e. The van der Waals surface area contributed by atoms with Gasteiger partial charge in [0.2, 0.25) is 5.91 Å². The van der Waals surface area contributed by atoms with Crippen LogP contribution in [0.1, 0.15) is 46.1 Å². The van der Waals surface area contributed by atoms with Crippen LogP contribution < -0.4 is 10.6 Å². The lowest BCUT2D eigenvalue weighted by molar-refractivity contribution is -0.114. The first-order chi connectivity index (χ1) is 8.43. The van der Waals surface area contributed by atoms with Gasteiger partial charge in [0.25, 0.3) is 0 Å². The van der Waals surface area contributed by atoms with Crippen molar-refractivity contribution in [2.24, 2.45) is 0 Å². The van der Waals surface area contributed by atoms with Gasteiger partial charge in [-0.25, -0.2) is 0 Å². The molecular weight excluding hydrogens is 224 g/mol. The topological polar surface area (TPSA) is 41.1 Å². The summed E-state index contributed by atoms with van der Waals surface area (Å²) in [4.78, 5) is 10.9. The molecule has 1 amide bonds. The highest BCUT2D eigenvalue weighted by Crippen LogP contribution is 2.14. The molecule has 0 aliphatic heterocycles. The fraction of sp³-hybridized carbons (Fsp3) is 0.533. The minimum absolute atomic E-state index is 0.0371. The van der Waals surface area contributed by atoms with Crippen LogP contribution in [0.5, 0.6) is 0 Å². The summed E-state index contributed by atoms with van der Waals surface area (Å²) in [5, 5.41) is 6.31. The maximum absolute atomic E-state index is 10.9. The van der Waals surface area contributed by atoms with Gasteiger partial charge in [-0.1, -0.05) is 25.5 Å². The Morgan fingerprint density at radius 1 is 1.22 bits per heavy atom. The summed E-state index contributed by atoms with van der Waals surface area (Å²) in [6.07, 6.45) is 2.35. The van der Waals surface area contributed by atoms with Crippen molar-refractivity contribution >= 4 is 11.6 Å². The van der Waals surface area contributed by atoms with Crippen LogP contribution in [-0.2, 0) is 11.3 Å². The molecule has 3 heteroatoms.